The summed E-state index contributed by atoms with van der Waals surface area (Å²) in [5.41, 5.74) is 12.3. The second-order valence-corrected chi connectivity index (χ2v) is 15.2. The van der Waals surface area contributed by atoms with E-state index in [1.54, 1.807) is 0 Å². The average Bonchev–Trinajstić information content (AvgIpc) is 3.83. The lowest BCUT2D eigenvalue weighted by molar-refractivity contribution is 0.669. The highest BCUT2D eigenvalue weighted by Crippen LogP contribution is 2.46. The minimum atomic E-state index is 0.905. The van der Waals surface area contributed by atoms with Gasteiger partial charge in [0.2, 0.25) is 0 Å². The molecular weight excluding hydrogens is 687 g/mol. The molecule has 0 radical (unpaired) electrons. The molecule has 2 heterocycles. The highest BCUT2D eigenvalue weighted by molar-refractivity contribution is 7.26. The molecule has 0 aliphatic rings. The summed E-state index contributed by atoms with van der Waals surface area (Å²) < 4.78 is 8.73. The minimum absolute atomic E-state index is 0.905. The molecule has 0 saturated carbocycles. The van der Waals surface area contributed by atoms with Gasteiger partial charge in [-0.15, -0.1) is 11.3 Å². The van der Waals surface area contributed by atoms with Crippen molar-refractivity contribution in [1.29, 1.82) is 0 Å². The number of furan rings is 1. The van der Waals surface area contributed by atoms with Crippen LogP contribution in [0.5, 0.6) is 0 Å². The zero-order valence-corrected chi connectivity index (χ0v) is 30.6. The van der Waals surface area contributed by atoms with Crippen LogP contribution < -0.4 is 4.90 Å². The van der Waals surface area contributed by atoms with Crippen LogP contribution in [0.15, 0.2) is 205 Å². The maximum absolute atomic E-state index is 6.16. The van der Waals surface area contributed by atoms with Crippen molar-refractivity contribution < 1.29 is 4.42 Å². The normalized spacial score (nSPS) is 11.6. The molecule has 0 amide bonds. The number of rotatable bonds is 6. The number of para-hydroxylation sites is 1. The van der Waals surface area contributed by atoms with E-state index in [2.05, 4.69) is 193 Å². The van der Waals surface area contributed by atoms with E-state index in [-0.39, 0.29) is 0 Å². The molecule has 0 fully saturated rings. The number of fused-ring (bicyclic) bond motifs is 7. The fourth-order valence-corrected chi connectivity index (χ4v) is 9.25. The zero-order valence-electron chi connectivity index (χ0n) is 29.8. The van der Waals surface area contributed by atoms with Gasteiger partial charge in [0.05, 0.1) is 5.69 Å². The van der Waals surface area contributed by atoms with Gasteiger partial charge >= 0.3 is 0 Å². The number of thiophene rings is 1. The molecule has 0 aliphatic heterocycles. The van der Waals surface area contributed by atoms with E-state index in [0.717, 1.165) is 50.1 Å². The third kappa shape index (κ3) is 5.48. The standard InChI is InChI=1S/C52H33NOS/c1-2-10-38-31-40(24-23-34(38)9-1)37-21-19-35(20-22-37)36-25-28-42(29-26-36)53(47-15-8-18-51-52(47)45-14-4-6-17-50(45)55-51)43-12-7-11-39(32-43)41-27-30-49-46(33-41)44-13-3-5-16-48(44)54-49/h1-33H. The third-order valence-corrected chi connectivity index (χ3v) is 12.0. The van der Waals surface area contributed by atoms with Gasteiger partial charge in [-0.3, -0.25) is 0 Å². The van der Waals surface area contributed by atoms with Crippen LogP contribution in [0.4, 0.5) is 17.1 Å². The van der Waals surface area contributed by atoms with Crippen LogP contribution in [-0.2, 0) is 0 Å². The third-order valence-electron chi connectivity index (χ3n) is 10.9. The monoisotopic (exact) mass is 719 g/mol. The van der Waals surface area contributed by atoms with Gasteiger partial charge in [0.25, 0.3) is 0 Å². The Morgan fingerprint density at radius 3 is 1.80 bits per heavy atom. The topological polar surface area (TPSA) is 16.4 Å². The highest BCUT2D eigenvalue weighted by Gasteiger charge is 2.19. The largest absolute Gasteiger partial charge is 0.456 e. The van der Waals surface area contributed by atoms with E-state index in [1.807, 2.05) is 23.5 Å². The molecule has 2 aromatic heterocycles. The van der Waals surface area contributed by atoms with Crippen LogP contribution in [0.3, 0.4) is 0 Å². The molecule has 2 nitrogen and oxygen atoms in total. The first-order valence-electron chi connectivity index (χ1n) is 18.7. The Balaban J connectivity index is 1.01. The van der Waals surface area contributed by atoms with Gasteiger partial charge in [0.1, 0.15) is 11.2 Å². The van der Waals surface area contributed by atoms with Gasteiger partial charge in [-0.25, -0.2) is 0 Å². The molecule has 258 valence electrons. The summed E-state index contributed by atoms with van der Waals surface area (Å²) in [6, 6.07) is 72.3. The maximum atomic E-state index is 6.16. The second kappa shape index (κ2) is 12.9. The fraction of sp³-hybridized carbons (Fsp3) is 0. The van der Waals surface area contributed by atoms with E-state index in [9.17, 15) is 0 Å². The Kier molecular flexibility index (Phi) is 7.39. The number of nitrogens with zero attached hydrogens (tertiary/aromatic N) is 1. The van der Waals surface area contributed by atoms with Gasteiger partial charge < -0.3 is 9.32 Å². The zero-order chi connectivity index (χ0) is 36.3. The molecule has 0 aliphatic carbocycles. The van der Waals surface area contributed by atoms with Gasteiger partial charge in [0.15, 0.2) is 0 Å². The molecule has 9 aromatic carbocycles. The maximum Gasteiger partial charge on any atom is 0.135 e. The molecule has 0 N–H and O–H groups in total. The number of hydrogen-bond acceptors (Lipinski definition) is 3. The Morgan fingerprint density at radius 2 is 0.945 bits per heavy atom. The number of hydrogen-bond donors (Lipinski definition) is 0. The molecule has 0 atom stereocenters. The number of anilines is 3. The van der Waals surface area contributed by atoms with E-state index < -0.39 is 0 Å². The Morgan fingerprint density at radius 1 is 0.345 bits per heavy atom. The van der Waals surface area contributed by atoms with Crippen molar-refractivity contribution in [3.63, 3.8) is 0 Å². The average molecular weight is 720 g/mol. The number of benzene rings is 9. The first kappa shape index (κ1) is 31.6. The summed E-state index contributed by atoms with van der Waals surface area (Å²) in [6.07, 6.45) is 0. The Labute approximate surface area is 322 Å². The fourth-order valence-electron chi connectivity index (χ4n) is 8.13. The van der Waals surface area contributed by atoms with E-state index >= 15 is 0 Å². The molecule has 0 spiro atoms. The lowest BCUT2D eigenvalue weighted by Crippen LogP contribution is -2.10. The van der Waals surface area contributed by atoms with Crippen LogP contribution in [0, 0.1) is 0 Å². The van der Waals surface area contributed by atoms with Crippen molar-refractivity contribution in [2.24, 2.45) is 0 Å². The molecule has 11 aromatic rings. The quantitative estimate of drug-likeness (QED) is 0.170. The first-order valence-corrected chi connectivity index (χ1v) is 19.5. The smallest absolute Gasteiger partial charge is 0.135 e. The molecular formula is C52H33NOS. The van der Waals surface area contributed by atoms with Gasteiger partial charge in [-0.2, -0.15) is 0 Å². The molecule has 11 rings (SSSR count). The van der Waals surface area contributed by atoms with E-state index in [0.29, 0.717) is 0 Å². The van der Waals surface area contributed by atoms with Crippen LogP contribution in [0.25, 0.3) is 86.3 Å². The predicted octanol–water partition coefficient (Wildman–Crippen LogP) is 15.6. The van der Waals surface area contributed by atoms with E-state index in [1.165, 1.54) is 53.2 Å². The molecule has 0 unspecified atom stereocenters. The summed E-state index contributed by atoms with van der Waals surface area (Å²) in [6.45, 7) is 0. The summed E-state index contributed by atoms with van der Waals surface area (Å²) in [4.78, 5) is 2.42. The van der Waals surface area contributed by atoms with Crippen molar-refractivity contribution in [2.75, 3.05) is 4.90 Å². The summed E-state index contributed by atoms with van der Waals surface area (Å²) in [7, 11) is 0. The Bertz CT molecular complexity index is 3210. The van der Waals surface area contributed by atoms with Crippen molar-refractivity contribution in [2.45, 2.75) is 0 Å². The van der Waals surface area contributed by atoms with Gasteiger partial charge in [-0.1, -0.05) is 133 Å². The van der Waals surface area contributed by atoms with E-state index in [4.69, 9.17) is 4.42 Å². The van der Waals surface area contributed by atoms with Crippen molar-refractivity contribution in [3.05, 3.63) is 200 Å². The lowest BCUT2D eigenvalue weighted by Gasteiger charge is -2.27. The van der Waals surface area contributed by atoms with Crippen LogP contribution in [0.1, 0.15) is 0 Å². The molecule has 0 saturated heterocycles. The predicted molar refractivity (Wildman–Crippen MR) is 235 cm³/mol. The summed E-state index contributed by atoms with van der Waals surface area (Å²) >= 11 is 1.85. The first-order chi connectivity index (χ1) is 27.2. The SMILES string of the molecule is c1cc(-c2ccc3oc4ccccc4c3c2)cc(N(c2ccc(-c3ccc(-c4ccc5ccccc5c4)cc3)cc2)c2cccc3sc4ccccc4c23)c1. The lowest BCUT2D eigenvalue weighted by atomic mass is 9.98. The molecule has 3 heteroatoms. The summed E-state index contributed by atoms with van der Waals surface area (Å²) in [5.74, 6) is 0. The minimum Gasteiger partial charge on any atom is -0.456 e. The van der Waals surface area contributed by atoms with Crippen molar-refractivity contribution >= 4 is 81.3 Å². The molecule has 0 bridgehead atoms. The Hall–Kier alpha value is -6.94. The molecule has 55 heavy (non-hydrogen) atoms. The van der Waals surface area contributed by atoms with Crippen LogP contribution in [-0.4, -0.2) is 0 Å². The van der Waals surface area contributed by atoms with Crippen molar-refractivity contribution in [3.8, 4) is 33.4 Å². The van der Waals surface area contributed by atoms with Crippen LogP contribution in [0.2, 0.25) is 0 Å². The second-order valence-electron chi connectivity index (χ2n) is 14.1. The highest BCUT2D eigenvalue weighted by atomic mass is 32.1. The summed E-state index contributed by atoms with van der Waals surface area (Å²) in [5, 5.41) is 7.33. The van der Waals surface area contributed by atoms with Gasteiger partial charge in [-0.05, 0) is 111 Å². The van der Waals surface area contributed by atoms with Crippen LogP contribution >= 0.6 is 11.3 Å². The van der Waals surface area contributed by atoms with Crippen molar-refractivity contribution in [1.82, 2.24) is 0 Å². The van der Waals surface area contributed by atoms with Gasteiger partial charge in [0, 0.05) is 42.3 Å².